The van der Waals surface area contributed by atoms with Gasteiger partial charge in [0.25, 0.3) is 0 Å². The van der Waals surface area contributed by atoms with Gasteiger partial charge < -0.3 is 0 Å². The summed E-state index contributed by atoms with van der Waals surface area (Å²) in [6.45, 7) is 17.2. The fraction of sp³-hybridized carbons (Fsp3) is 0.706. The number of rotatable bonds is 6. The molecular formula is C17H30O. The molecule has 0 saturated carbocycles. The van der Waals surface area contributed by atoms with E-state index in [2.05, 4.69) is 55.4 Å². The highest BCUT2D eigenvalue weighted by Crippen LogP contribution is 2.22. The molecular weight excluding hydrogens is 220 g/mol. The van der Waals surface area contributed by atoms with Gasteiger partial charge in [-0.2, -0.15) is 0 Å². The van der Waals surface area contributed by atoms with Gasteiger partial charge in [0.05, 0.1) is 0 Å². The number of carbonyl (C=O) groups is 1. The van der Waals surface area contributed by atoms with E-state index < -0.39 is 0 Å². The zero-order valence-corrected chi connectivity index (χ0v) is 13.4. The van der Waals surface area contributed by atoms with Crippen LogP contribution in [0.15, 0.2) is 23.3 Å². The number of carbonyl (C=O) groups excluding carboxylic acids is 1. The molecule has 0 saturated heterocycles. The maximum atomic E-state index is 12.1. The van der Waals surface area contributed by atoms with E-state index in [0.717, 1.165) is 0 Å². The Kier molecular flexibility index (Phi) is 7.20. The number of hydrogen-bond donors (Lipinski definition) is 0. The molecule has 0 radical (unpaired) electrons. The molecule has 104 valence electrons. The summed E-state index contributed by atoms with van der Waals surface area (Å²) >= 11 is 0. The lowest BCUT2D eigenvalue weighted by Gasteiger charge is -2.16. The molecule has 0 bridgehead atoms. The maximum absolute atomic E-state index is 12.1. The SMILES string of the molecule is CC(C)C(=CC(=O)C=C(C(C)C)C(C)C)C(C)C. The van der Waals surface area contributed by atoms with Crippen LogP contribution in [0, 0.1) is 23.7 Å². The Balaban J connectivity index is 5.16. The van der Waals surface area contributed by atoms with E-state index >= 15 is 0 Å². The Hall–Kier alpha value is -0.850. The van der Waals surface area contributed by atoms with Crippen molar-refractivity contribution in [2.75, 3.05) is 0 Å². The summed E-state index contributed by atoms with van der Waals surface area (Å²) in [5, 5.41) is 0. The molecule has 1 heteroatoms. The van der Waals surface area contributed by atoms with E-state index in [4.69, 9.17) is 0 Å². The van der Waals surface area contributed by atoms with Gasteiger partial charge in [-0.15, -0.1) is 0 Å². The van der Waals surface area contributed by atoms with Crippen LogP contribution in [0.25, 0.3) is 0 Å². The molecule has 0 aromatic carbocycles. The van der Waals surface area contributed by atoms with Crippen molar-refractivity contribution in [2.24, 2.45) is 23.7 Å². The minimum absolute atomic E-state index is 0.143. The maximum Gasteiger partial charge on any atom is 0.178 e. The number of hydrogen-bond acceptors (Lipinski definition) is 1. The summed E-state index contributed by atoms with van der Waals surface area (Å²) in [7, 11) is 0. The normalized spacial score (nSPS) is 11.3. The molecule has 0 atom stereocenters. The van der Waals surface area contributed by atoms with Crippen LogP contribution in [0.3, 0.4) is 0 Å². The van der Waals surface area contributed by atoms with Crippen LogP contribution in [0.5, 0.6) is 0 Å². The monoisotopic (exact) mass is 250 g/mol. The van der Waals surface area contributed by atoms with Crippen molar-refractivity contribution in [3.8, 4) is 0 Å². The van der Waals surface area contributed by atoms with Gasteiger partial charge in [0.15, 0.2) is 5.78 Å². The van der Waals surface area contributed by atoms with E-state index in [9.17, 15) is 4.79 Å². The molecule has 18 heavy (non-hydrogen) atoms. The van der Waals surface area contributed by atoms with Gasteiger partial charge >= 0.3 is 0 Å². The first-order chi connectivity index (χ1) is 8.16. The number of allylic oxidation sites excluding steroid dienone is 4. The van der Waals surface area contributed by atoms with Crippen molar-refractivity contribution in [1.29, 1.82) is 0 Å². The summed E-state index contributed by atoms with van der Waals surface area (Å²) in [4.78, 5) is 12.1. The van der Waals surface area contributed by atoms with Crippen molar-refractivity contribution in [3.63, 3.8) is 0 Å². The second-order valence-electron chi connectivity index (χ2n) is 6.31. The lowest BCUT2D eigenvalue weighted by Crippen LogP contribution is -2.08. The Labute approximate surface area is 113 Å². The molecule has 0 spiro atoms. The second kappa shape index (κ2) is 7.56. The smallest absolute Gasteiger partial charge is 0.178 e. The van der Waals surface area contributed by atoms with Crippen molar-refractivity contribution >= 4 is 5.78 Å². The largest absolute Gasteiger partial charge is 0.290 e. The Morgan fingerprint density at radius 3 is 1.00 bits per heavy atom. The molecule has 0 N–H and O–H groups in total. The highest BCUT2D eigenvalue weighted by molar-refractivity contribution is 6.00. The molecule has 0 heterocycles. The second-order valence-corrected chi connectivity index (χ2v) is 6.31. The van der Waals surface area contributed by atoms with E-state index in [-0.39, 0.29) is 5.78 Å². The van der Waals surface area contributed by atoms with Crippen molar-refractivity contribution in [3.05, 3.63) is 23.3 Å². The zero-order chi connectivity index (χ0) is 14.5. The standard InChI is InChI=1S/C17H30O/c1-11(2)16(12(3)4)9-15(18)10-17(13(5)6)14(7)8/h9-14H,1-8H3. The third-order valence-electron chi connectivity index (χ3n) is 3.28. The summed E-state index contributed by atoms with van der Waals surface area (Å²) < 4.78 is 0. The minimum Gasteiger partial charge on any atom is -0.290 e. The van der Waals surface area contributed by atoms with Crippen LogP contribution < -0.4 is 0 Å². The van der Waals surface area contributed by atoms with E-state index in [1.54, 1.807) is 0 Å². The Bertz CT molecular complexity index is 276. The molecule has 0 unspecified atom stereocenters. The lowest BCUT2D eigenvalue weighted by molar-refractivity contribution is -0.110. The molecule has 0 aromatic heterocycles. The van der Waals surface area contributed by atoms with Gasteiger partial charge in [0.2, 0.25) is 0 Å². The fourth-order valence-corrected chi connectivity index (χ4v) is 2.37. The predicted octanol–water partition coefficient (Wildman–Crippen LogP) is 5.03. The van der Waals surface area contributed by atoms with Gasteiger partial charge in [0.1, 0.15) is 0 Å². The zero-order valence-electron chi connectivity index (χ0n) is 13.4. The first-order valence-corrected chi connectivity index (χ1v) is 7.13. The molecule has 0 fully saturated rings. The van der Waals surface area contributed by atoms with Crippen LogP contribution >= 0.6 is 0 Å². The summed E-state index contributed by atoms with van der Waals surface area (Å²) in [6, 6.07) is 0. The average Bonchev–Trinajstić information content (AvgIpc) is 2.20. The molecule has 0 aliphatic heterocycles. The molecule has 0 rings (SSSR count). The van der Waals surface area contributed by atoms with Crippen LogP contribution in [0.2, 0.25) is 0 Å². The first kappa shape index (κ1) is 17.2. The lowest BCUT2D eigenvalue weighted by atomic mass is 9.89. The van der Waals surface area contributed by atoms with Gasteiger partial charge in [-0.05, 0) is 35.8 Å². The van der Waals surface area contributed by atoms with E-state index in [1.165, 1.54) is 11.1 Å². The van der Waals surface area contributed by atoms with Crippen molar-refractivity contribution in [1.82, 2.24) is 0 Å². The Morgan fingerprint density at radius 1 is 0.611 bits per heavy atom. The van der Waals surface area contributed by atoms with Crippen LogP contribution in [0.4, 0.5) is 0 Å². The fourth-order valence-electron chi connectivity index (χ4n) is 2.37. The van der Waals surface area contributed by atoms with Gasteiger partial charge in [0, 0.05) is 0 Å². The summed E-state index contributed by atoms with van der Waals surface area (Å²) in [5.41, 5.74) is 2.48. The highest BCUT2D eigenvalue weighted by atomic mass is 16.1. The summed E-state index contributed by atoms with van der Waals surface area (Å²) in [5.74, 6) is 1.88. The molecule has 0 aromatic rings. The Morgan fingerprint density at radius 2 is 0.833 bits per heavy atom. The van der Waals surface area contributed by atoms with Gasteiger partial charge in [-0.1, -0.05) is 66.5 Å². The molecule has 0 aliphatic carbocycles. The quantitative estimate of drug-likeness (QED) is 0.604. The van der Waals surface area contributed by atoms with Crippen LogP contribution in [0.1, 0.15) is 55.4 Å². The molecule has 0 amide bonds. The molecule has 1 nitrogen and oxygen atoms in total. The topological polar surface area (TPSA) is 17.1 Å². The minimum atomic E-state index is 0.143. The van der Waals surface area contributed by atoms with E-state index in [0.29, 0.717) is 23.7 Å². The summed E-state index contributed by atoms with van der Waals surface area (Å²) in [6.07, 6.45) is 3.67. The van der Waals surface area contributed by atoms with Crippen molar-refractivity contribution in [2.45, 2.75) is 55.4 Å². The first-order valence-electron chi connectivity index (χ1n) is 7.13. The van der Waals surface area contributed by atoms with E-state index in [1.807, 2.05) is 12.2 Å². The third kappa shape index (κ3) is 5.66. The van der Waals surface area contributed by atoms with Crippen LogP contribution in [-0.2, 0) is 4.79 Å². The van der Waals surface area contributed by atoms with Crippen molar-refractivity contribution < 1.29 is 4.79 Å². The highest BCUT2D eigenvalue weighted by Gasteiger charge is 2.12. The predicted molar refractivity (Wildman–Crippen MR) is 80.5 cm³/mol. The average molecular weight is 250 g/mol. The van der Waals surface area contributed by atoms with Crippen LogP contribution in [-0.4, -0.2) is 5.78 Å². The number of ketones is 1. The van der Waals surface area contributed by atoms with Gasteiger partial charge in [-0.3, -0.25) is 4.79 Å². The molecule has 0 aliphatic rings. The third-order valence-corrected chi connectivity index (χ3v) is 3.28. The van der Waals surface area contributed by atoms with Gasteiger partial charge in [-0.25, -0.2) is 0 Å².